The minimum Gasteiger partial charge on any atom is -0.228 e. The van der Waals surface area contributed by atoms with Crippen molar-refractivity contribution in [3.05, 3.63) is 194 Å². The maximum absolute atomic E-state index is 5.43. The number of thiophene rings is 1. The lowest BCUT2D eigenvalue weighted by atomic mass is 9.92. The third-order valence-electron chi connectivity index (χ3n) is 10.1. The largest absolute Gasteiger partial charge is 0.228 e. The summed E-state index contributed by atoms with van der Waals surface area (Å²) in [7, 11) is 0. The second-order valence-corrected chi connectivity index (χ2v) is 14.4. The van der Waals surface area contributed by atoms with Crippen LogP contribution in [0.4, 0.5) is 0 Å². The average molecular weight is 693 g/mol. The minimum absolute atomic E-state index is 0.697. The van der Waals surface area contributed by atoms with Gasteiger partial charge in [0.2, 0.25) is 0 Å². The van der Waals surface area contributed by atoms with Crippen LogP contribution in [0.15, 0.2) is 194 Å². The summed E-state index contributed by atoms with van der Waals surface area (Å²) in [6, 6.07) is 69.2. The van der Waals surface area contributed by atoms with Gasteiger partial charge in [-0.25, -0.2) is 9.97 Å². The van der Waals surface area contributed by atoms with Gasteiger partial charge in [0, 0.05) is 36.9 Å². The van der Waals surface area contributed by atoms with Crippen LogP contribution in [-0.4, -0.2) is 9.97 Å². The summed E-state index contributed by atoms with van der Waals surface area (Å²) in [5.41, 5.74) is 11.8. The second kappa shape index (κ2) is 13.1. The van der Waals surface area contributed by atoms with Crippen molar-refractivity contribution in [1.82, 2.24) is 9.97 Å². The van der Waals surface area contributed by atoms with Crippen molar-refractivity contribution in [3.63, 3.8) is 0 Å². The zero-order valence-corrected chi connectivity index (χ0v) is 29.6. The molecule has 0 atom stereocenters. The van der Waals surface area contributed by atoms with Crippen LogP contribution in [0.3, 0.4) is 0 Å². The number of nitrogens with zero attached hydrogens (tertiary/aromatic N) is 2. The first-order valence-electron chi connectivity index (χ1n) is 17.9. The molecule has 0 saturated heterocycles. The Morgan fingerprint density at radius 1 is 0.321 bits per heavy atom. The molecule has 0 aliphatic carbocycles. The molecule has 2 aromatic heterocycles. The molecule has 10 rings (SSSR count). The van der Waals surface area contributed by atoms with Gasteiger partial charge in [-0.05, 0) is 80.6 Å². The number of fused-ring (bicyclic) bond motifs is 4. The Bertz CT molecular complexity index is 2940. The first kappa shape index (κ1) is 31.1. The molecule has 0 unspecified atom stereocenters. The Morgan fingerprint density at radius 2 is 0.868 bits per heavy atom. The Hall–Kier alpha value is -6.68. The smallest absolute Gasteiger partial charge is 0.161 e. The van der Waals surface area contributed by atoms with Crippen LogP contribution < -0.4 is 0 Å². The molecule has 2 heterocycles. The van der Waals surface area contributed by atoms with E-state index >= 15 is 0 Å². The van der Waals surface area contributed by atoms with Gasteiger partial charge in [0.25, 0.3) is 0 Å². The van der Waals surface area contributed by atoms with E-state index in [0.29, 0.717) is 5.82 Å². The Balaban J connectivity index is 1.23. The highest BCUT2D eigenvalue weighted by molar-refractivity contribution is 7.25. The van der Waals surface area contributed by atoms with Crippen molar-refractivity contribution >= 4 is 42.3 Å². The molecular weight excluding hydrogens is 661 g/mol. The maximum Gasteiger partial charge on any atom is 0.161 e. The van der Waals surface area contributed by atoms with E-state index in [1.54, 1.807) is 0 Å². The molecule has 0 spiro atoms. The molecule has 0 aliphatic heterocycles. The van der Waals surface area contributed by atoms with Gasteiger partial charge in [-0.1, -0.05) is 158 Å². The normalized spacial score (nSPS) is 11.4. The van der Waals surface area contributed by atoms with Crippen LogP contribution in [-0.2, 0) is 0 Å². The summed E-state index contributed by atoms with van der Waals surface area (Å²) in [5, 5.41) is 4.99. The van der Waals surface area contributed by atoms with E-state index in [2.05, 4.69) is 188 Å². The molecule has 0 amide bonds. The third-order valence-corrected chi connectivity index (χ3v) is 11.2. The van der Waals surface area contributed by atoms with Gasteiger partial charge in [0.05, 0.1) is 11.4 Å². The van der Waals surface area contributed by atoms with E-state index in [4.69, 9.17) is 9.97 Å². The molecule has 3 heteroatoms. The number of hydrogen-bond donors (Lipinski definition) is 0. The summed E-state index contributed by atoms with van der Waals surface area (Å²) in [6.45, 7) is 0. The van der Waals surface area contributed by atoms with E-state index < -0.39 is 0 Å². The minimum atomic E-state index is 0.697. The lowest BCUT2D eigenvalue weighted by Crippen LogP contribution is -1.98. The van der Waals surface area contributed by atoms with E-state index in [1.807, 2.05) is 17.4 Å². The number of rotatable bonds is 6. The highest BCUT2D eigenvalue weighted by Crippen LogP contribution is 2.43. The van der Waals surface area contributed by atoms with Crippen molar-refractivity contribution in [2.45, 2.75) is 0 Å². The highest BCUT2D eigenvalue weighted by Gasteiger charge is 2.18. The van der Waals surface area contributed by atoms with Crippen LogP contribution in [0, 0.1) is 0 Å². The van der Waals surface area contributed by atoms with Gasteiger partial charge < -0.3 is 0 Å². The molecule has 53 heavy (non-hydrogen) atoms. The van der Waals surface area contributed by atoms with Crippen molar-refractivity contribution in [2.75, 3.05) is 0 Å². The average Bonchev–Trinajstić information content (AvgIpc) is 3.63. The lowest BCUT2D eigenvalue weighted by molar-refractivity contribution is 1.18. The first-order valence-corrected chi connectivity index (χ1v) is 18.7. The number of benzene rings is 8. The molecule has 0 aliphatic rings. The quantitative estimate of drug-likeness (QED) is 0.173. The number of hydrogen-bond acceptors (Lipinski definition) is 3. The van der Waals surface area contributed by atoms with E-state index in [1.165, 1.54) is 42.1 Å². The highest BCUT2D eigenvalue weighted by atomic mass is 32.1. The molecule has 0 saturated carbocycles. The predicted octanol–water partition coefficient (Wildman–Crippen LogP) is 14.0. The Morgan fingerprint density at radius 3 is 1.70 bits per heavy atom. The second-order valence-electron chi connectivity index (χ2n) is 13.3. The zero-order chi connectivity index (χ0) is 35.1. The maximum atomic E-state index is 5.43. The Kier molecular flexibility index (Phi) is 7.71. The molecule has 0 radical (unpaired) electrons. The molecule has 2 nitrogen and oxygen atoms in total. The van der Waals surface area contributed by atoms with Gasteiger partial charge >= 0.3 is 0 Å². The van der Waals surface area contributed by atoms with Gasteiger partial charge in [0.1, 0.15) is 0 Å². The van der Waals surface area contributed by atoms with E-state index in [0.717, 1.165) is 50.3 Å². The van der Waals surface area contributed by atoms with Gasteiger partial charge in [-0.3, -0.25) is 0 Å². The van der Waals surface area contributed by atoms with Crippen molar-refractivity contribution in [1.29, 1.82) is 0 Å². The fourth-order valence-corrected chi connectivity index (χ4v) is 8.72. The topological polar surface area (TPSA) is 25.8 Å². The molecular formula is C50H32N2S. The molecule has 10 aromatic rings. The van der Waals surface area contributed by atoms with Crippen LogP contribution in [0.5, 0.6) is 0 Å². The monoisotopic (exact) mass is 692 g/mol. The third kappa shape index (κ3) is 5.68. The van der Waals surface area contributed by atoms with Crippen LogP contribution in [0.2, 0.25) is 0 Å². The van der Waals surface area contributed by atoms with Crippen LogP contribution in [0.1, 0.15) is 0 Å². The lowest BCUT2D eigenvalue weighted by Gasteiger charge is -2.15. The fraction of sp³-hybridized carbons (Fsp3) is 0. The first-order chi connectivity index (χ1) is 26.3. The molecule has 248 valence electrons. The van der Waals surface area contributed by atoms with E-state index in [-0.39, 0.29) is 0 Å². The predicted molar refractivity (Wildman–Crippen MR) is 225 cm³/mol. The number of aromatic nitrogens is 2. The zero-order valence-electron chi connectivity index (χ0n) is 28.8. The summed E-state index contributed by atoms with van der Waals surface area (Å²) >= 11 is 1.85. The van der Waals surface area contributed by atoms with Crippen molar-refractivity contribution < 1.29 is 0 Å². The van der Waals surface area contributed by atoms with Gasteiger partial charge in [0.15, 0.2) is 5.82 Å². The van der Waals surface area contributed by atoms with Gasteiger partial charge in [-0.2, -0.15) is 0 Å². The van der Waals surface area contributed by atoms with Crippen molar-refractivity contribution in [3.8, 4) is 67.3 Å². The van der Waals surface area contributed by atoms with Crippen LogP contribution >= 0.6 is 11.3 Å². The van der Waals surface area contributed by atoms with E-state index in [9.17, 15) is 0 Å². The Labute approximate surface area is 312 Å². The fourth-order valence-electron chi connectivity index (χ4n) is 7.59. The summed E-state index contributed by atoms with van der Waals surface area (Å²) in [6.07, 6.45) is 0. The van der Waals surface area contributed by atoms with Gasteiger partial charge in [-0.15, -0.1) is 11.3 Å². The SMILES string of the molecule is c1ccc(-c2cc(-c3cc(-c4ccccc4)nc(-c4ccccc4-c4cccc5ccccc45)n3)cc(-c3cccc4sc5ccccc5c34)c2)cc1. The summed E-state index contributed by atoms with van der Waals surface area (Å²) in [5.74, 6) is 0.697. The standard InChI is InChI=1S/C50H32N2S/c1-3-15-33(16-4-1)36-29-37(40-25-14-28-48-49(40)44-24-11-12-27-47(44)53-48)31-38(30-36)46-32-45(35-18-5-2-6-19-35)51-50(52-46)43-23-10-9-22-42(43)41-26-13-20-34-17-7-8-21-39(34)41/h1-32H. The molecule has 0 bridgehead atoms. The summed E-state index contributed by atoms with van der Waals surface area (Å²) < 4.78 is 2.59. The molecule has 0 N–H and O–H groups in total. The molecule has 8 aromatic carbocycles. The summed E-state index contributed by atoms with van der Waals surface area (Å²) in [4.78, 5) is 10.7. The van der Waals surface area contributed by atoms with Crippen LogP contribution in [0.25, 0.3) is 98.2 Å². The molecule has 0 fully saturated rings. The van der Waals surface area contributed by atoms with Crippen molar-refractivity contribution in [2.24, 2.45) is 0 Å².